The lowest BCUT2D eigenvalue weighted by Crippen LogP contribution is -2.37. The van der Waals surface area contributed by atoms with Crippen molar-refractivity contribution in [3.8, 4) is 0 Å². The number of alkyl halides is 3. The lowest BCUT2D eigenvalue weighted by molar-refractivity contribution is -0.176. The molecule has 1 aliphatic heterocycles. The summed E-state index contributed by atoms with van der Waals surface area (Å²) in [6.07, 6.45) is 0.173. The molecule has 0 bridgehead atoms. The van der Waals surface area contributed by atoms with Crippen molar-refractivity contribution in [1.82, 2.24) is 25.4 Å². The van der Waals surface area contributed by atoms with E-state index in [1.165, 1.54) is 6.42 Å². The summed E-state index contributed by atoms with van der Waals surface area (Å²) in [5.41, 5.74) is 1.67. The molecule has 0 aliphatic carbocycles. The normalized spacial score (nSPS) is 14.4. The van der Waals surface area contributed by atoms with Crippen LogP contribution >= 0.6 is 24.0 Å². The number of hydrogen-bond donors (Lipinski definition) is 2. The molecule has 1 aromatic carbocycles. The summed E-state index contributed by atoms with van der Waals surface area (Å²) in [6, 6.07) is 7.22. The molecule has 1 aliphatic rings. The molecule has 2 N–H and O–H groups in total. The van der Waals surface area contributed by atoms with Crippen molar-refractivity contribution in [2.24, 2.45) is 4.99 Å². The number of halogens is 4. The number of nitrogens with zero attached hydrogens (tertiary/aromatic N) is 4. The lowest BCUT2D eigenvalue weighted by atomic mass is 10.1. The van der Waals surface area contributed by atoms with Crippen LogP contribution in [0.15, 0.2) is 29.3 Å². The molecule has 2 heterocycles. The molecule has 172 valence electrons. The highest BCUT2D eigenvalue weighted by molar-refractivity contribution is 14.0. The molecule has 0 spiro atoms. The predicted octanol–water partition coefficient (Wildman–Crippen LogP) is 3.57. The van der Waals surface area contributed by atoms with Gasteiger partial charge in [-0.1, -0.05) is 30.7 Å². The number of aliphatic imine (C=N–C) groups is 1. The zero-order valence-electron chi connectivity index (χ0n) is 17.4. The number of aryl methyl sites for hydroxylation is 1. The van der Waals surface area contributed by atoms with Gasteiger partial charge in [-0.2, -0.15) is 13.2 Å². The fourth-order valence-electron chi connectivity index (χ4n) is 3.28. The predicted molar refractivity (Wildman–Crippen MR) is 122 cm³/mol. The zero-order valence-corrected chi connectivity index (χ0v) is 19.7. The second-order valence-electron chi connectivity index (χ2n) is 7.20. The number of aromatic nitrogens is 3. The quantitative estimate of drug-likeness (QED) is 0.312. The summed E-state index contributed by atoms with van der Waals surface area (Å²) in [7, 11) is 1.70. The molecular formula is C20H28F3IN6O. The Bertz CT molecular complexity index is 838. The lowest BCUT2D eigenvalue weighted by Gasteiger charge is -2.13. The van der Waals surface area contributed by atoms with Gasteiger partial charge in [0.05, 0.1) is 13.2 Å². The summed E-state index contributed by atoms with van der Waals surface area (Å²) < 4.78 is 43.2. The summed E-state index contributed by atoms with van der Waals surface area (Å²) in [6.45, 7) is 0.695. The SMILES string of the molecule is CN=C(NCc1ccc(COCC(F)(F)F)cc1)NCc1nnc2n1CCCCC2.I. The van der Waals surface area contributed by atoms with Gasteiger partial charge in [0.1, 0.15) is 12.4 Å². The van der Waals surface area contributed by atoms with Gasteiger partial charge in [-0.05, 0) is 24.0 Å². The van der Waals surface area contributed by atoms with E-state index in [1.807, 2.05) is 12.1 Å². The Kier molecular flexibility index (Phi) is 10.0. The van der Waals surface area contributed by atoms with Gasteiger partial charge in [-0.15, -0.1) is 34.2 Å². The maximum Gasteiger partial charge on any atom is 0.411 e. The van der Waals surface area contributed by atoms with Crippen molar-refractivity contribution in [1.29, 1.82) is 0 Å². The van der Waals surface area contributed by atoms with Gasteiger partial charge in [-0.25, -0.2) is 0 Å². The first-order valence-corrected chi connectivity index (χ1v) is 10.0. The van der Waals surface area contributed by atoms with E-state index in [4.69, 9.17) is 0 Å². The Morgan fingerprint density at radius 2 is 1.77 bits per heavy atom. The van der Waals surface area contributed by atoms with E-state index in [2.05, 4.69) is 35.1 Å². The van der Waals surface area contributed by atoms with E-state index in [0.29, 0.717) is 24.6 Å². The smallest absolute Gasteiger partial charge is 0.367 e. The molecular weight excluding hydrogens is 524 g/mol. The highest BCUT2D eigenvalue weighted by atomic mass is 127. The maximum atomic E-state index is 12.1. The Morgan fingerprint density at radius 3 is 2.48 bits per heavy atom. The highest BCUT2D eigenvalue weighted by Crippen LogP contribution is 2.16. The van der Waals surface area contributed by atoms with Crippen LogP contribution in [-0.2, 0) is 37.4 Å². The molecule has 0 unspecified atom stereocenters. The molecule has 0 atom stereocenters. The Hall–Kier alpha value is -1.89. The summed E-state index contributed by atoms with van der Waals surface area (Å²) >= 11 is 0. The molecule has 0 radical (unpaired) electrons. The maximum absolute atomic E-state index is 12.1. The van der Waals surface area contributed by atoms with Crippen LogP contribution in [0.1, 0.15) is 42.0 Å². The number of guanidine groups is 1. The molecule has 2 aromatic rings. The first-order chi connectivity index (χ1) is 14.4. The third-order valence-electron chi connectivity index (χ3n) is 4.84. The van der Waals surface area contributed by atoms with Gasteiger partial charge in [0, 0.05) is 26.6 Å². The second kappa shape index (κ2) is 12.2. The molecule has 3 rings (SSSR count). The fourth-order valence-corrected chi connectivity index (χ4v) is 3.28. The average Bonchev–Trinajstić information content (AvgIpc) is 2.94. The monoisotopic (exact) mass is 552 g/mol. The largest absolute Gasteiger partial charge is 0.411 e. The molecule has 0 saturated heterocycles. The van der Waals surface area contributed by atoms with Crippen LogP contribution in [0.5, 0.6) is 0 Å². The average molecular weight is 552 g/mol. The molecule has 11 heteroatoms. The molecule has 0 saturated carbocycles. The van der Waals surface area contributed by atoms with Gasteiger partial charge >= 0.3 is 6.18 Å². The van der Waals surface area contributed by atoms with Crippen molar-refractivity contribution in [3.63, 3.8) is 0 Å². The second-order valence-corrected chi connectivity index (χ2v) is 7.20. The van der Waals surface area contributed by atoms with Gasteiger partial charge < -0.3 is 19.9 Å². The Balaban J connectivity index is 0.00000341. The number of rotatable bonds is 7. The van der Waals surface area contributed by atoms with Crippen LogP contribution < -0.4 is 10.6 Å². The van der Waals surface area contributed by atoms with Gasteiger partial charge in [0.25, 0.3) is 0 Å². The number of ether oxygens (including phenoxy) is 1. The van der Waals surface area contributed by atoms with E-state index in [-0.39, 0.29) is 30.6 Å². The van der Waals surface area contributed by atoms with Crippen LogP contribution in [-0.4, -0.2) is 40.6 Å². The van der Waals surface area contributed by atoms with Crippen LogP contribution in [0.2, 0.25) is 0 Å². The van der Waals surface area contributed by atoms with Crippen LogP contribution in [0.3, 0.4) is 0 Å². The Labute approximate surface area is 196 Å². The van der Waals surface area contributed by atoms with E-state index in [9.17, 15) is 13.2 Å². The summed E-state index contributed by atoms with van der Waals surface area (Å²) in [5.74, 6) is 2.59. The highest BCUT2D eigenvalue weighted by Gasteiger charge is 2.27. The van der Waals surface area contributed by atoms with Crippen molar-refractivity contribution in [2.45, 2.75) is 58.1 Å². The molecule has 7 nitrogen and oxygen atoms in total. The minimum atomic E-state index is -4.31. The molecule has 0 fully saturated rings. The van der Waals surface area contributed by atoms with Crippen molar-refractivity contribution < 1.29 is 17.9 Å². The van der Waals surface area contributed by atoms with E-state index >= 15 is 0 Å². The number of benzene rings is 1. The first-order valence-electron chi connectivity index (χ1n) is 10.0. The third-order valence-corrected chi connectivity index (χ3v) is 4.84. The van der Waals surface area contributed by atoms with Crippen LogP contribution in [0.4, 0.5) is 13.2 Å². The summed E-state index contributed by atoms with van der Waals surface area (Å²) in [4.78, 5) is 4.22. The van der Waals surface area contributed by atoms with Crippen molar-refractivity contribution >= 4 is 29.9 Å². The minimum Gasteiger partial charge on any atom is -0.367 e. The molecule has 31 heavy (non-hydrogen) atoms. The van der Waals surface area contributed by atoms with Gasteiger partial charge in [0.2, 0.25) is 0 Å². The molecule has 0 amide bonds. The van der Waals surface area contributed by atoms with E-state index < -0.39 is 12.8 Å². The van der Waals surface area contributed by atoms with Gasteiger partial charge in [0.15, 0.2) is 11.8 Å². The van der Waals surface area contributed by atoms with Crippen LogP contribution in [0.25, 0.3) is 0 Å². The van der Waals surface area contributed by atoms with E-state index in [1.54, 1.807) is 19.2 Å². The Morgan fingerprint density at radius 1 is 1.06 bits per heavy atom. The zero-order chi connectivity index (χ0) is 21.4. The number of nitrogens with one attached hydrogen (secondary N) is 2. The van der Waals surface area contributed by atoms with Crippen molar-refractivity contribution in [2.75, 3.05) is 13.7 Å². The molecule has 1 aromatic heterocycles. The third kappa shape index (κ3) is 8.28. The standard InChI is InChI=1S/C20H27F3N6O.HI/c1-24-19(26-12-18-28-27-17-5-3-2-4-10-29(17)18)25-11-15-6-8-16(9-7-15)13-30-14-20(21,22)23;/h6-9H,2-5,10-14H2,1H3,(H2,24,25,26);1H. The first kappa shape index (κ1) is 25.4. The fraction of sp³-hybridized carbons (Fsp3) is 0.550. The topological polar surface area (TPSA) is 76.4 Å². The minimum absolute atomic E-state index is 0. The van der Waals surface area contributed by atoms with Gasteiger partial charge in [-0.3, -0.25) is 4.99 Å². The number of fused-ring (bicyclic) bond motifs is 1. The number of hydrogen-bond acceptors (Lipinski definition) is 4. The van der Waals surface area contributed by atoms with Crippen molar-refractivity contribution in [3.05, 3.63) is 47.0 Å². The van der Waals surface area contributed by atoms with Crippen LogP contribution in [0, 0.1) is 0 Å². The summed E-state index contributed by atoms with van der Waals surface area (Å²) in [5, 5.41) is 15.1. The van der Waals surface area contributed by atoms with E-state index in [0.717, 1.165) is 43.0 Å².